The SMILES string of the molecule is C=CCN(C(=O)C(Cc1ccc(O)cc1)NC(=O)OC(C)(C)C)C(C(=O)NC(C)CCC)c1ccc(O)cc1. The lowest BCUT2D eigenvalue weighted by Gasteiger charge is -2.34. The Labute approximate surface area is 230 Å². The second kappa shape index (κ2) is 14.2. The third kappa shape index (κ3) is 10.00. The summed E-state index contributed by atoms with van der Waals surface area (Å²) in [6.45, 7) is 12.9. The number of alkyl carbamates (subject to hydrolysis) is 1. The summed E-state index contributed by atoms with van der Waals surface area (Å²) in [7, 11) is 0. The van der Waals surface area contributed by atoms with Crippen molar-refractivity contribution in [1.29, 1.82) is 0 Å². The van der Waals surface area contributed by atoms with Gasteiger partial charge in [0.1, 0.15) is 29.2 Å². The van der Waals surface area contributed by atoms with Gasteiger partial charge in [-0.05, 0) is 69.5 Å². The molecule has 0 aliphatic carbocycles. The van der Waals surface area contributed by atoms with Crippen LogP contribution in [-0.4, -0.2) is 57.3 Å². The van der Waals surface area contributed by atoms with E-state index in [1.807, 2.05) is 13.8 Å². The van der Waals surface area contributed by atoms with Crippen molar-refractivity contribution in [3.05, 3.63) is 72.3 Å². The normalized spacial score (nSPS) is 13.5. The van der Waals surface area contributed by atoms with E-state index < -0.39 is 35.6 Å². The second-order valence-corrected chi connectivity index (χ2v) is 10.5. The summed E-state index contributed by atoms with van der Waals surface area (Å²) in [5.41, 5.74) is 0.383. The number of hydrogen-bond donors (Lipinski definition) is 4. The molecular formula is C30H41N3O6. The molecule has 2 aromatic rings. The quantitative estimate of drug-likeness (QED) is 0.292. The fourth-order valence-electron chi connectivity index (χ4n) is 4.14. The van der Waals surface area contributed by atoms with Crippen LogP contribution in [-0.2, 0) is 20.7 Å². The Morgan fingerprint density at radius 1 is 1.00 bits per heavy atom. The lowest BCUT2D eigenvalue weighted by Crippen LogP contribution is -2.54. The molecule has 0 saturated heterocycles. The molecule has 3 amide bonds. The van der Waals surface area contributed by atoms with Crippen LogP contribution in [0.25, 0.3) is 0 Å². The molecule has 4 N–H and O–H groups in total. The maximum Gasteiger partial charge on any atom is 0.408 e. The third-order valence-corrected chi connectivity index (χ3v) is 5.85. The lowest BCUT2D eigenvalue weighted by atomic mass is 9.99. The largest absolute Gasteiger partial charge is 0.508 e. The molecule has 0 aromatic heterocycles. The van der Waals surface area contributed by atoms with Gasteiger partial charge in [-0.2, -0.15) is 0 Å². The van der Waals surface area contributed by atoms with Crippen LogP contribution in [0.3, 0.4) is 0 Å². The highest BCUT2D eigenvalue weighted by molar-refractivity contribution is 5.92. The van der Waals surface area contributed by atoms with E-state index in [-0.39, 0.29) is 30.5 Å². The fourth-order valence-corrected chi connectivity index (χ4v) is 4.14. The number of hydrogen-bond acceptors (Lipinski definition) is 6. The Morgan fingerprint density at radius 3 is 2.08 bits per heavy atom. The Hall–Kier alpha value is -4.01. The summed E-state index contributed by atoms with van der Waals surface area (Å²) in [6.07, 6.45) is 2.45. The molecule has 39 heavy (non-hydrogen) atoms. The minimum Gasteiger partial charge on any atom is -0.508 e. The van der Waals surface area contributed by atoms with E-state index >= 15 is 0 Å². The predicted octanol–water partition coefficient (Wildman–Crippen LogP) is 4.59. The number of amides is 3. The summed E-state index contributed by atoms with van der Waals surface area (Å²) >= 11 is 0. The zero-order valence-corrected chi connectivity index (χ0v) is 23.4. The maximum atomic E-state index is 14.1. The Morgan fingerprint density at radius 2 is 1.56 bits per heavy atom. The fraction of sp³-hybridized carbons (Fsp3) is 0.433. The van der Waals surface area contributed by atoms with E-state index in [4.69, 9.17) is 4.74 Å². The molecule has 3 atom stereocenters. The number of phenolic OH excluding ortho intramolecular Hbond substituents is 2. The molecule has 212 valence electrons. The van der Waals surface area contributed by atoms with Crippen LogP contribution >= 0.6 is 0 Å². The highest BCUT2D eigenvalue weighted by Gasteiger charge is 2.36. The average Bonchev–Trinajstić information content (AvgIpc) is 2.84. The van der Waals surface area contributed by atoms with E-state index in [2.05, 4.69) is 17.2 Å². The summed E-state index contributed by atoms with van der Waals surface area (Å²) in [6, 6.07) is 10.1. The number of rotatable bonds is 12. The van der Waals surface area contributed by atoms with Crippen LogP contribution in [0.15, 0.2) is 61.2 Å². The first-order valence-electron chi connectivity index (χ1n) is 13.1. The molecular weight excluding hydrogens is 498 g/mol. The van der Waals surface area contributed by atoms with Gasteiger partial charge in [0.2, 0.25) is 11.8 Å². The average molecular weight is 540 g/mol. The summed E-state index contributed by atoms with van der Waals surface area (Å²) in [5.74, 6) is -0.821. The van der Waals surface area contributed by atoms with Crippen LogP contribution in [0.4, 0.5) is 4.79 Å². The highest BCUT2D eigenvalue weighted by atomic mass is 16.6. The number of benzene rings is 2. The molecule has 0 aliphatic rings. The van der Waals surface area contributed by atoms with E-state index in [9.17, 15) is 24.6 Å². The van der Waals surface area contributed by atoms with Crippen molar-refractivity contribution in [2.24, 2.45) is 0 Å². The highest BCUT2D eigenvalue weighted by Crippen LogP contribution is 2.26. The Kier molecular flexibility index (Phi) is 11.4. The van der Waals surface area contributed by atoms with Gasteiger partial charge in [-0.25, -0.2) is 4.79 Å². The van der Waals surface area contributed by atoms with E-state index in [0.717, 1.165) is 12.8 Å². The predicted molar refractivity (Wildman–Crippen MR) is 150 cm³/mol. The van der Waals surface area contributed by atoms with Crippen molar-refractivity contribution in [3.63, 3.8) is 0 Å². The number of carbonyl (C=O) groups is 3. The van der Waals surface area contributed by atoms with Crippen molar-refractivity contribution < 1.29 is 29.3 Å². The number of ether oxygens (including phenoxy) is 1. The molecule has 0 fully saturated rings. The van der Waals surface area contributed by atoms with E-state index in [0.29, 0.717) is 11.1 Å². The molecule has 2 aromatic carbocycles. The number of aromatic hydroxyl groups is 2. The molecule has 0 aliphatic heterocycles. The van der Waals surface area contributed by atoms with Crippen molar-refractivity contribution in [3.8, 4) is 11.5 Å². The van der Waals surface area contributed by atoms with E-state index in [1.54, 1.807) is 45.0 Å². The van der Waals surface area contributed by atoms with Gasteiger partial charge in [0.05, 0.1) is 0 Å². The van der Waals surface area contributed by atoms with Gasteiger partial charge in [-0.1, -0.05) is 43.7 Å². The van der Waals surface area contributed by atoms with E-state index in [1.165, 1.54) is 35.2 Å². The summed E-state index contributed by atoms with van der Waals surface area (Å²) in [4.78, 5) is 41.9. The standard InChI is InChI=1S/C30H41N3O6/c1-7-9-20(3)31-27(36)26(22-12-16-24(35)17-13-22)33(18-8-2)28(37)25(32-29(38)39-30(4,5)6)19-21-10-14-23(34)15-11-21/h8,10-17,20,25-26,34-35H,2,7,9,18-19H2,1,3-6H3,(H,31,36)(H,32,38). The molecule has 0 bridgehead atoms. The van der Waals surface area contributed by atoms with Crippen LogP contribution in [0, 0.1) is 0 Å². The van der Waals surface area contributed by atoms with Crippen molar-refractivity contribution in [1.82, 2.24) is 15.5 Å². The monoisotopic (exact) mass is 539 g/mol. The Balaban J connectivity index is 2.52. The molecule has 2 rings (SSSR count). The lowest BCUT2D eigenvalue weighted by molar-refractivity contribution is -0.142. The van der Waals surface area contributed by atoms with Crippen LogP contribution in [0.1, 0.15) is 64.6 Å². The maximum absolute atomic E-state index is 14.1. The minimum absolute atomic E-state index is 0.0159. The molecule has 0 saturated carbocycles. The number of phenols is 2. The van der Waals surface area contributed by atoms with Gasteiger partial charge < -0.3 is 30.5 Å². The summed E-state index contributed by atoms with van der Waals surface area (Å²) in [5, 5.41) is 25.2. The van der Waals surface area contributed by atoms with Gasteiger partial charge >= 0.3 is 6.09 Å². The van der Waals surface area contributed by atoms with Crippen LogP contribution in [0.2, 0.25) is 0 Å². The van der Waals surface area contributed by atoms with Gasteiger partial charge in [-0.15, -0.1) is 6.58 Å². The van der Waals surface area contributed by atoms with Crippen LogP contribution < -0.4 is 10.6 Å². The zero-order valence-electron chi connectivity index (χ0n) is 23.4. The third-order valence-electron chi connectivity index (χ3n) is 5.85. The smallest absolute Gasteiger partial charge is 0.408 e. The van der Waals surface area contributed by atoms with Gasteiger partial charge in [-0.3, -0.25) is 9.59 Å². The zero-order chi connectivity index (χ0) is 29.2. The first-order chi connectivity index (χ1) is 18.3. The first-order valence-corrected chi connectivity index (χ1v) is 13.1. The second-order valence-electron chi connectivity index (χ2n) is 10.5. The topological polar surface area (TPSA) is 128 Å². The van der Waals surface area contributed by atoms with Gasteiger partial charge in [0.25, 0.3) is 0 Å². The van der Waals surface area contributed by atoms with Crippen LogP contribution in [0.5, 0.6) is 11.5 Å². The van der Waals surface area contributed by atoms with Crippen molar-refractivity contribution in [2.45, 2.75) is 77.6 Å². The molecule has 0 radical (unpaired) electrons. The van der Waals surface area contributed by atoms with Gasteiger partial charge in [0.15, 0.2) is 0 Å². The number of carbonyl (C=O) groups excluding carboxylic acids is 3. The molecule has 9 heteroatoms. The minimum atomic E-state index is -1.09. The number of nitrogens with one attached hydrogen (secondary N) is 2. The first kappa shape index (κ1) is 31.2. The number of nitrogens with zero attached hydrogens (tertiary/aromatic N) is 1. The molecule has 3 unspecified atom stereocenters. The van der Waals surface area contributed by atoms with Crippen molar-refractivity contribution in [2.75, 3.05) is 6.54 Å². The molecule has 0 heterocycles. The van der Waals surface area contributed by atoms with Gasteiger partial charge in [0, 0.05) is 19.0 Å². The summed E-state index contributed by atoms with van der Waals surface area (Å²) < 4.78 is 5.41. The Bertz CT molecular complexity index is 1110. The molecule has 0 spiro atoms. The van der Waals surface area contributed by atoms with Crippen molar-refractivity contribution >= 4 is 17.9 Å². The molecule has 9 nitrogen and oxygen atoms in total.